The average Bonchev–Trinajstić information content (AvgIpc) is 2.73. The highest BCUT2D eigenvalue weighted by Gasteiger charge is 2.26. The van der Waals surface area contributed by atoms with Gasteiger partial charge in [0.2, 0.25) is 6.04 Å². The van der Waals surface area contributed by atoms with Crippen LogP contribution in [0.5, 0.6) is 23.0 Å². The molecule has 0 aliphatic rings. The normalized spacial score (nSPS) is 11.7. The zero-order valence-electron chi connectivity index (χ0n) is 17.5. The molecule has 2 aromatic rings. The van der Waals surface area contributed by atoms with E-state index in [9.17, 15) is 9.59 Å². The Morgan fingerprint density at radius 2 is 1.48 bits per heavy atom. The van der Waals surface area contributed by atoms with Crippen molar-refractivity contribution in [3.8, 4) is 23.0 Å². The van der Waals surface area contributed by atoms with Crippen LogP contribution in [0.4, 0.5) is 11.4 Å². The fourth-order valence-electron chi connectivity index (χ4n) is 2.60. The van der Waals surface area contributed by atoms with E-state index in [0.29, 0.717) is 16.5 Å². The molecule has 0 heterocycles. The molecule has 1 atom stereocenters. The lowest BCUT2D eigenvalue weighted by molar-refractivity contribution is -0.126. The number of hydrogen-bond donors (Lipinski definition) is 1. The Bertz CT molecular complexity index is 988. The molecule has 2 rings (SSSR count). The number of hydrogen-bond acceptors (Lipinski definition) is 8. The predicted molar refractivity (Wildman–Crippen MR) is 117 cm³/mol. The summed E-state index contributed by atoms with van der Waals surface area (Å²) in [6.07, 6.45) is 0. The number of halogens is 2. The number of nitrogens with one attached hydrogen (secondary N) is 1. The first-order valence-electron chi connectivity index (χ1n) is 8.80. The Morgan fingerprint density at radius 1 is 0.903 bits per heavy atom. The summed E-state index contributed by atoms with van der Waals surface area (Å²) < 4.78 is 20.8. The van der Waals surface area contributed by atoms with Crippen molar-refractivity contribution >= 4 is 46.3 Å². The number of azo groups is 1. The van der Waals surface area contributed by atoms with Crippen molar-refractivity contribution in [2.75, 3.05) is 33.8 Å². The second kappa shape index (κ2) is 10.8. The quantitative estimate of drug-likeness (QED) is 0.420. The van der Waals surface area contributed by atoms with Gasteiger partial charge in [-0.25, -0.2) is 0 Å². The first-order valence-corrected chi connectivity index (χ1v) is 9.56. The molecule has 0 aliphatic carbocycles. The molecule has 1 amide bonds. The molecule has 0 saturated heterocycles. The molecule has 0 radical (unpaired) electrons. The highest BCUT2D eigenvalue weighted by Crippen LogP contribution is 2.39. The monoisotopic (exact) mass is 469 g/mol. The number of rotatable bonds is 9. The molecule has 1 N–H and O–H groups in total. The van der Waals surface area contributed by atoms with Crippen LogP contribution in [0.3, 0.4) is 0 Å². The van der Waals surface area contributed by atoms with Gasteiger partial charge in [0.25, 0.3) is 5.91 Å². The van der Waals surface area contributed by atoms with Crippen LogP contribution in [0.15, 0.2) is 34.5 Å². The predicted octanol–water partition coefficient (Wildman–Crippen LogP) is 4.71. The van der Waals surface area contributed by atoms with E-state index in [4.69, 9.17) is 42.1 Å². The Labute approximate surface area is 189 Å². The third-order valence-corrected chi connectivity index (χ3v) is 4.56. The van der Waals surface area contributed by atoms with Crippen molar-refractivity contribution in [2.24, 2.45) is 10.2 Å². The summed E-state index contributed by atoms with van der Waals surface area (Å²) in [5.74, 6) is -0.108. The van der Waals surface area contributed by atoms with Crippen molar-refractivity contribution in [2.45, 2.75) is 13.0 Å². The van der Waals surface area contributed by atoms with E-state index in [1.165, 1.54) is 59.6 Å². The van der Waals surface area contributed by atoms with E-state index in [-0.39, 0.29) is 27.9 Å². The average molecular weight is 470 g/mol. The lowest BCUT2D eigenvalue weighted by Crippen LogP contribution is -2.32. The van der Waals surface area contributed by atoms with E-state index in [1.54, 1.807) is 0 Å². The first-order chi connectivity index (χ1) is 14.7. The van der Waals surface area contributed by atoms with E-state index in [1.807, 2.05) is 0 Å². The molecule has 0 spiro atoms. The number of ketones is 1. The van der Waals surface area contributed by atoms with Crippen LogP contribution >= 0.6 is 23.2 Å². The summed E-state index contributed by atoms with van der Waals surface area (Å²) in [6.45, 7) is 1.22. The third-order valence-electron chi connectivity index (χ3n) is 4.06. The first kappa shape index (κ1) is 24.2. The smallest absolute Gasteiger partial charge is 0.259 e. The molecule has 11 heteroatoms. The van der Waals surface area contributed by atoms with Crippen molar-refractivity contribution in [3.63, 3.8) is 0 Å². The topological polar surface area (TPSA) is 108 Å². The summed E-state index contributed by atoms with van der Waals surface area (Å²) in [7, 11) is 5.70. The second-order valence-electron chi connectivity index (χ2n) is 6.07. The Kier molecular flexibility index (Phi) is 8.47. The van der Waals surface area contributed by atoms with Gasteiger partial charge in [0.05, 0.1) is 39.1 Å². The van der Waals surface area contributed by atoms with Crippen molar-refractivity contribution in [1.29, 1.82) is 0 Å². The van der Waals surface area contributed by atoms with Gasteiger partial charge in [-0.3, -0.25) is 9.59 Å². The highest BCUT2D eigenvalue weighted by molar-refractivity contribution is 6.32. The van der Waals surface area contributed by atoms with Crippen molar-refractivity contribution in [1.82, 2.24) is 0 Å². The number of Topliss-reactive ketones (excluding diaryl/α,β-unsaturated/α-hetero) is 1. The maximum atomic E-state index is 12.8. The van der Waals surface area contributed by atoms with Gasteiger partial charge in [-0.2, -0.15) is 10.2 Å². The van der Waals surface area contributed by atoms with Gasteiger partial charge in [0.15, 0.2) is 17.3 Å². The van der Waals surface area contributed by atoms with E-state index in [2.05, 4.69) is 15.5 Å². The van der Waals surface area contributed by atoms with Gasteiger partial charge in [-0.15, -0.1) is 0 Å². The number of nitrogens with zero attached hydrogens (tertiary/aromatic N) is 2. The van der Waals surface area contributed by atoms with Gasteiger partial charge < -0.3 is 24.3 Å². The fourth-order valence-corrected chi connectivity index (χ4v) is 3.08. The number of benzene rings is 2. The molecular weight excluding hydrogens is 449 g/mol. The summed E-state index contributed by atoms with van der Waals surface area (Å²) in [5, 5.41) is 11.0. The van der Waals surface area contributed by atoms with Crippen molar-refractivity contribution in [3.05, 3.63) is 34.3 Å². The van der Waals surface area contributed by atoms with Gasteiger partial charge in [0.1, 0.15) is 17.2 Å². The van der Waals surface area contributed by atoms with Crippen LogP contribution in [-0.4, -0.2) is 46.2 Å². The molecule has 1 unspecified atom stereocenters. The van der Waals surface area contributed by atoms with Crippen molar-refractivity contribution < 1.29 is 28.5 Å². The number of amides is 1. The molecule has 31 heavy (non-hydrogen) atoms. The zero-order valence-corrected chi connectivity index (χ0v) is 19.0. The summed E-state index contributed by atoms with van der Waals surface area (Å²) in [6, 6.07) is 4.53. The SMILES string of the molecule is COc1cc(Cl)cc(OC)c1NC(=O)C(N=Nc1cc(Cl)c(OC)c(OC)c1)C(C)=O. The molecule has 9 nitrogen and oxygen atoms in total. The van der Waals surface area contributed by atoms with E-state index < -0.39 is 17.7 Å². The minimum absolute atomic E-state index is 0.204. The zero-order chi connectivity index (χ0) is 23.1. The maximum absolute atomic E-state index is 12.8. The van der Waals surface area contributed by atoms with Gasteiger partial charge >= 0.3 is 0 Å². The van der Waals surface area contributed by atoms with Gasteiger partial charge in [0, 0.05) is 23.2 Å². The van der Waals surface area contributed by atoms with Crippen LogP contribution < -0.4 is 24.3 Å². The number of methoxy groups -OCH3 is 4. The second-order valence-corrected chi connectivity index (χ2v) is 6.91. The van der Waals surface area contributed by atoms with E-state index in [0.717, 1.165) is 0 Å². The maximum Gasteiger partial charge on any atom is 0.259 e. The standard InChI is InChI=1S/C20H21Cl2N3O6/c1-10(26)17(25-24-12-8-13(22)19(31-5)16(9-12)30-4)20(27)23-18-14(28-2)6-11(21)7-15(18)29-3/h6-9,17H,1-5H3,(H,23,27). The van der Waals surface area contributed by atoms with Crippen LogP contribution in [-0.2, 0) is 9.59 Å². The minimum atomic E-state index is -1.43. The molecule has 0 bridgehead atoms. The lowest BCUT2D eigenvalue weighted by Gasteiger charge is -2.16. The summed E-state index contributed by atoms with van der Waals surface area (Å²) in [4.78, 5) is 24.9. The molecular formula is C20H21Cl2N3O6. The third kappa shape index (κ3) is 5.77. The summed E-state index contributed by atoms with van der Waals surface area (Å²) in [5.41, 5.74) is 0.471. The number of anilines is 1. The molecule has 2 aromatic carbocycles. The molecule has 166 valence electrons. The molecule has 0 aliphatic heterocycles. The van der Waals surface area contributed by atoms with Gasteiger partial charge in [-0.05, 0) is 13.0 Å². The van der Waals surface area contributed by atoms with Crippen LogP contribution in [0.25, 0.3) is 0 Å². The Morgan fingerprint density at radius 3 is 1.97 bits per heavy atom. The highest BCUT2D eigenvalue weighted by atomic mass is 35.5. The van der Waals surface area contributed by atoms with Crippen LogP contribution in [0.2, 0.25) is 10.0 Å². The molecule has 0 fully saturated rings. The minimum Gasteiger partial charge on any atom is -0.494 e. The molecule has 0 aromatic heterocycles. The Hall–Kier alpha value is -3.04. The van der Waals surface area contributed by atoms with Crippen LogP contribution in [0, 0.1) is 0 Å². The van der Waals surface area contributed by atoms with Gasteiger partial charge in [-0.1, -0.05) is 23.2 Å². The largest absolute Gasteiger partial charge is 0.494 e. The summed E-state index contributed by atoms with van der Waals surface area (Å²) >= 11 is 12.2. The van der Waals surface area contributed by atoms with E-state index >= 15 is 0 Å². The Balaban J connectivity index is 2.35. The fraction of sp³-hybridized carbons (Fsp3) is 0.300. The number of carbonyl (C=O) groups excluding carboxylic acids is 2. The number of ether oxygens (including phenoxy) is 4. The van der Waals surface area contributed by atoms with Crippen LogP contribution in [0.1, 0.15) is 6.92 Å². The molecule has 0 saturated carbocycles. The number of carbonyl (C=O) groups is 2. The lowest BCUT2D eigenvalue weighted by atomic mass is 10.2.